The Labute approximate surface area is 158 Å². The molecule has 1 saturated heterocycles. The number of hydrogen-bond donors (Lipinski definition) is 0. The highest BCUT2D eigenvalue weighted by molar-refractivity contribution is 7.89. The Morgan fingerprint density at radius 3 is 2.35 bits per heavy atom. The summed E-state index contributed by atoms with van der Waals surface area (Å²) in [5, 5.41) is 0.563. The molecule has 0 saturated carbocycles. The molecule has 2 aromatic carbocycles. The lowest BCUT2D eigenvalue weighted by Crippen LogP contribution is -2.49. The lowest BCUT2D eigenvalue weighted by atomic mass is 10.3. The molecule has 1 aliphatic heterocycles. The van der Waals surface area contributed by atoms with Crippen LogP contribution in [0.4, 0.5) is 4.39 Å². The number of halogens is 2. The van der Waals surface area contributed by atoms with Crippen molar-refractivity contribution in [3.05, 3.63) is 59.4 Å². The Morgan fingerprint density at radius 1 is 1.00 bits per heavy atom. The van der Waals surface area contributed by atoms with E-state index in [1.807, 2.05) is 12.1 Å². The molecule has 8 heteroatoms. The Morgan fingerprint density at radius 2 is 1.65 bits per heavy atom. The molecule has 140 valence electrons. The monoisotopic (exact) mass is 398 g/mol. The van der Waals surface area contributed by atoms with Gasteiger partial charge in [0.15, 0.2) is 0 Å². The second-order valence-electron chi connectivity index (χ2n) is 5.96. The molecule has 1 fully saturated rings. The Hall–Kier alpha value is -1.67. The van der Waals surface area contributed by atoms with E-state index in [1.54, 1.807) is 12.1 Å². The van der Waals surface area contributed by atoms with Crippen LogP contribution in [-0.2, 0) is 10.0 Å². The van der Waals surface area contributed by atoms with Crippen molar-refractivity contribution in [3.63, 3.8) is 0 Å². The van der Waals surface area contributed by atoms with Crippen molar-refractivity contribution in [1.82, 2.24) is 9.21 Å². The summed E-state index contributed by atoms with van der Waals surface area (Å²) in [5.41, 5.74) is 0. The van der Waals surface area contributed by atoms with Gasteiger partial charge in [0.1, 0.15) is 23.1 Å². The first-order valence-corrected chi connectivity index (χ1v) is 10.1. The number of ether oxygens (including phenoxy) is 1. The van der Waals surface area contributed by atoms with Crippen LogP contribution in [0.3, 0.4) is 0 Å². The van der Waals surface area contributed by atoms with E-state index in [2.05, 4.69) is 4.90 Å². The van der Waals surface area contributed by atoms with Gasteiger partial charge in [0.2, 0.25) is 10.0 Å². The van der Waals surface area contributed by atoms with Gasteiger partial charge in [-0.25, -0.2) is 12.8 Å². The summed E-state index contributed by atoms with van der Waals surface area (Å²) in [4.78, 5) is 1.85. The van der Waals surface area contributed by atoms with Gasteiger partial charge >= 0.3 is 0 Å². The topological polar surface area (TPSA) is 49.9 Å². The molecule has 26 heavy (non-hydrogen) atoms. The second-order valence-corrected chi connectivity index (χ2v) is 8.27. The maximum absolute atomic E-state index is 13.8. The Kier molecular flexibility index (Phi) is 6.13. The summed E-state index contributed by atoms with van der Waals surface area (Å²) in [5.74, 6) is -0.0852. The van der Waals surface area contributed by atoms with E-state index < -0.39 is 15.8 Å². The van der Waals surface area contributed by atoms with Crippen molar-refractivity contribution in [2.75, 3.05) is 39.3 Å². The number of nitrogens with zero attached hydrogens (tertiary/aromatic N) is 2. The molecule has 0 bridgehead atoms. The molecule has 3 rings (SSSR count). The van der Waals surface area contributed by atoms with E-state index in [1.165, 1.54) is 22.5 Å². The summed E-state index contributed by atoms with van der Waals surface area (Å²) in [7, 11) is -3.80. The molecule has 0 spiro atoms. The molecule has 0 amide bonds. The lowest BCUT2D eigenvalue weighted by molar-refractivity contribution is 0.158. The maximum Gasteiger partial charge on any atom is 0.246 e. The predicted molar refractivity (Wildman–Crippen MR) is 98.5 cm³/mol. The average molecular weight is 399 g/mol. The number of para-hydroxylation sites is 1. The Balaban J connectivity index is 1.51. The van der Waals surface area contributed by atoms with Gasteiger partial charge in [-0.3, -0.25) is 4.90 Å². The van der Waals surface area contributed by atoms with Crippen molar-refractivity contribution >= 4 is 21.6 Å². The minimum Gasteiger partial charge on any atom is -0.491 e. The van der Waals surface area contributed by atoms with Crippen LogP contribution in [0.15, 0.2) is 53.4 Å². The first kappa shape index (κ1) is 19.1. The van der Waals surface area contributed by atoms with E-state index in [-0.39, 0.29) is 4.90 Å². The third kappa shape index (κ3) is 4.35. The normalized spacial score (nSPS) is 16.5. The standard InChI is InChI=1S/C18H20ClFN2O3S/c19-15-5-1-3-7-17(15)25-14-13-21-9-11-22(12-10-21)26(23,24)18-8-4-2-6-16(18)20/h1-8H,9-14H2. The van der Waals surface area contributed by atoms with Gasteiger partial charge in [0, 0.05) is 32.7 Å². The Bertz CT molecular complexity index is 855. The van der Waals surface area contributed by atoms with Crippen LogP contribution in [0.1, 0.15) is 0 Å². The molecule has 0 N–H and O–H groups in total. The van der Waals surface area contributed by atoms with E-state index >= 15 is 0 Å². The third-order valence-corrected chi connectivity index (χ3v) is 6.53. The van der Waals surface area contributed by atoms with Crippen molar-refractivity contribution < 1.29 is 17.5 Å². The van der Waals surface area contributed by atoms with Crippen molar-refractivity contribution in [3.8, 4) is 5.75 Å². The fourth-order valence-corrected chi connectivity index (χ4v) is 4.51. The fraction of sp³-hybridized carbons (Fsp3) is 0.333. The quantitative estimate of drug-likeness (QED) is 0.750. The zero-order valence-corrected chi connectivity index (χ0v) is 15.7. The number of hydrogen-bond acceptors (Lipinski definition) is 4. The third-order valence-electron chi connectivity index (χ3n) is 4.29. The molecule has 0 radical (unpaired) electrons. The molecule has 0 unspecified atom stereocenters. The average Bonchev–Trinajstić information content (AvgIpc) is 2.64. The van der Waals surface area contributed by atoms with Gasteiger partial charge in [0.25, 0.3) is 0 Å². The highest BCUT2D eigenvalue weighted by atomic mass is 35.5. The van der Waals surface area contributed by atoms with Crippen LogP contribution in [-0.4, -0.2) is 57.0 Å². The summed E-state index contributed by atoms with van der Waals surface area (Å²) < 4.78 is 46.0. The number of benzene rings is 2. The predicted octanol–water partition coefficient (Wildman–Crippen LogP) is 2.86. The highest BCUT2D eigenvalue weighted by Gasteiger charge is 2.30. The van der Waals surface area contributed by atoms with Gasteiger partial charge < -0.3 is 4.74 Å². The summed E-state index contributed by atoms with van der Waals surface area (Å²) in [6, 6.07) is 12.7. The van der Waals surface area contributed by atoms with E-state index in [0.717, 1.165) is 6.07 Å². The molecule has 5 nitrogen and oxygen atoms in total. The zero-order chi connectivity index (χ0) is 18.6. The minimum atomic E-state index is -3.80. The minimum absolute atomic E-state index is 0.268. The largest absolute Gasteiger partial charge is 0.491 e. The van der Waals surface area contributed by atoms with Crippen LogP contribution in [0.5, 0.6) is 5.75 Å². The zero-order valence-electron chi connectivity index (χ0n) is 14.1. The lowest BCUT2D eigenvalue weighted by Gasteiger charge is -2.33. The maximum atomic E-state index is 13.8. The van der Waals surface area contributed by atoms with Crippen molar-refractivity contribution in [2.45, 2.75) is 4.90 Å². The first-order valence-electron chi connectivity index (χ1n) is 8.33. The van der Waals surface area contributed by atoms with E-state index in [9.17, 15) is 12.8 Å². The smallest absolute Gasteiger partial charge is 0.246 e. The van der Waals surface area contributed by atoms with E-state index in [4.69, 9.17) is 16.3 Å². The van der Waals surface area contributed by atoms with Crippen LogP contribution in [0.25, 0.3) is 0 Å². The molecular weight excluding hydrogens is 379 g/mol. The molecule has 0 atom stereocenters. The van der Waals surface area contributed by atoms with Crippen molar-refractivity contribution in [2.24, 2.45) is 0 Å². The number of piperazine rings is 1. The van der Waals surface area contributed by atoms with Crippen LogP contribution in [0, 0.1) is 5.82 Å². The summed E-state index contributed by atoms with van der Waals surface area (Å²) in [6.07, 6.45) is 0. The van der Waals surface area contributed by atoms with Gasteiger partial charge in [-0.15, -0.1) is 0 Å². The molecule has 2 aromatic rings. The molecule has 1 heterocycles. The van der Waals surface area contributed by atoms with Crippen LogP contribution in [0.2, 0.25) is 5.02 Å². The highest BCUT2D eigenvalue weighted by Crippen LogP contribution is 2.23. The van der Waals surface area contributed by atoms with Gasteiger partial charge in [-0.2, -0.15) is 4.31 Å². The fourth-order valence-electron chi connectivity index (χ4n) is 2.83. The van der Waals surface area contributed by atoms with Crippen LogP contribution >= 0.6 is 11.6 Å². The summed E-state index contributed by atoms with van der Waals surface area (Å²) in [6.45, 7) is 2.91. The van der Waals surface area contributed by atoms with E-state index in [0.29, 0.717) is 50.1 Å². The molecular formula is C18H20ClFN2O3S. The van der Waals surface area contributed by atoms with Gasteiger partial charge in [-0.05, 0) is 24.3 Å². The van der Waals surface area contributed by atoms with Crippen molar-refractivity contribution in [1.29, 1.82) is 0 Å². The second kappa shape index (κ2) is 8.35. The first-order chi connectivity index (χ1) is 12.5. The SMILES string of the molecule is O=S(=O)(c1ccccc1F)N1CCN(CCOc2ccccc2Cl)CC1. The summed E-state index contributed by atoms with van der Waals surface area (Å²) >= 11 is 6.04. The number of sulfonamides is 1. The molecule has 1 aliphatic rings. The van der Waals surface area contributed by atoms with Gasteiger partial charge in [-0.1, -0.05) is 35.9 Å². The molecule has 0 aliphatic carbocycles. The molecule has 0 aromatic heterocycles. The van der Waals surface area contributed by atoms with Crippen LogP contribution < -0.4 is 4.74 Å². The number of rotatable bonds is 6. The van der Waals surface area contributed by atoms with Gasteiger partial charge in [0.05, 0.1) is 5.02 Å².